The molecular weight excluding hydrogens is 236 g/mol. The van der Waals surface area contributed by atoms with Gasteiger partial charge in [0.1, 0.15) is 6.10 Å². The van der Waals surface area contributed by atoms with Gasteiger partial charge in [0.05, 0.1) is 0 Å². The fourth-order valence-corrected chi connectivity index (χ4v) is 4.01. The van der Waals surface area contributed by atoms with Crippen LogP contribution in [0.4, 0.5) is 0 Å². The van der Waals surface area contributed by atoms with Crippen molar-refractivity contribution >= 4 is 5.97 Å². The van der Waals surface area contributed by atoms with Crippen LogP contribution in [0.2, 0.25) is 0 Å². The summed E-state index contributed by atoms with van der Waals surface area (Å²) in [6.07, 6.45) is 5.37. The van der Waals surface area contributed by atoms with Gasteiger partial charge >= 0.3 is 5.97 Å². The number of carbonyl (C=O) groups excluding carboxylic acids is 1. The van der Waals surface area contributed by atoms with E-state index in [2.05, 4.69) is 27.0 Å². The second-order valence-electron chi connectivity index (χ2n) is 6.67. The van der Waals surface area contributed by atoms with Crippen LogP contribution in [0.25, 0.3) is 0 Å². The van der Waals surface area contributed by atoms with Crippen molar-refractivity contribution in [3.8, 4) is 0 Å². The summed E-state index contributed by atoms with van der Waals surface area (Å²) in [5, 5.41) is 0. The minimum absolute atomic E-state index is 0.0616. The van der Waals surface area contributed by atoms with Gasteiger partial charge in [-0.3, -0.25) is 4.79 Å². The first-order valence-electron chi connectivity index (χ1n) is 7.35. The summed E-state index contributed by atoms with van der Waals surface area (Å²) in [5.74, 6) is 0.923. The van der Waals surface area contributed by atoms with Crippen molar-refractivity contribution in [2.24, 2.45) is 17.3 Å². The Bertz CT molecular complexity index is 409. The van der Waals surface area contributed by atoms with Crippen molar-refractivity contribution in [3.05, 3.63) is 24.3 Å². The predicted octanol–water partition coefficient (Wildman–Crippen LogP) is 4.27. The first kappa shape index (κ1) is 14.4. The van der Waals surface area contributed by atoms with E-state index < -0.39 is 0 Å². The zero-order valence-electron chi connectivity index (χ0n) is 12.5. The Morgan fingerprint density at radius 2 is 2.05 bits per heavy atom. The van der Waals surface area contributed by atoms with Crippen LogP contribution in [0.15, 0.2) is 24.3 Å². The molecule has 0 heterocycles. The third-order valence-electron chi connectivity index (χ3n) is 5.31. The van der Waals surface area contributed by atoms with E-state index >= 15 is 0 Å². The van der Waals surface area contributed by atoms with Gasteiger partial charge in [-0.1, -0.05) is 31.2 Å². The lowest BCUT2D eigenvalue weighted by molar-refractivity contribution is -0.160. The van der Waals surface area contributed by atoms with Gasteiger partial charge in [-0.15, -0.1) is 0 Å². The van der Waals surface area contributed by atoms with E-state index in [1.54, 1.807) is 0 Å². The first-order chi connectivity index (χ1) is 8.84. The van der Waals surface area contributed by atoms with Crippen LogP contribution in [0.5, 0.6) is 0 Å². The van der Waals surface area contributed by atoms with Gasteiger partial charge in [-0.25, -0.2) is 0 Å². The van der Waals surface area contributed by atoms with Crippen LogP contribution in [-0.2, 0) is 9.53 Å². The maximum absolute atomic E-state index is 11.3. The average molecular weight is 262 g/mol. The minimum Gasteiger partial charge on any atom is -0.462 e. The third kappa shape index (κ3) is 2.63. The predicted molar refractivity (Wildman–Crippen MR) is 77.7 cm³/mol. The number of ether oxygens (including phenoxy) is 1. The van der Waals surface area contributed by atoms with E-state index in [1.807, 2.05) is 0 Å². The van der Waals surface area contributed by atoms with Gasteiger partial charge in [-0.05, 0) is 50.9 Å². The molecule has 2 saturated carbocycles. The highest BCUT2D eigenvalue weighted by Gasteiger charge is 2.50. The van der Waals surface area contributed by atoms with E-state index in [1.165, 1.54) is 18.1 Å². The van der Waals surface area contributed by atoms with Crippen LogP contribution in [0, 0.1) is 17.3 Å². The van der Waals surface area contributed by atoms with Crippen molar-refractivity contribution in [2.45, 2.75) is 59.0 Å². The second kappa shape index (κ2) is 5.15. The van der Waals surface area contributed by atoms with Gasteiger partial charge in [0.15, 0.2) is 0 Å². The molecule has 0 bridgehead atoms. The van der Waals surface area contributed by atoms with Gasteiger partial charge in [0.25, 0.3) is 0 Å². The Balaban J connectivity index is 2.21. The Morgan fingerprint density at radius 3 is 2.63 bits per heavy atom. The van der Waals surface area contributed by atoms with Crippen molar-refractivity contribution in [2.75, 3.05) is 0 Å². The zero-order valence-corrected chi connectivity index (χ0v) is 12.5. The van der Waals surface area contributed by atoms with Crippen LogP contribution >= 0.6 is 0 Å². The summed E-state index contributed by atoms with van der Waals surface area (Å²) in [7, 11) is 0. The molecule has 0 aromatic heterocycles. The molecule has 0 amide bonds. The van der Waals surface area contributed by atoms with Crippen molar-refractivity contribution in [1.29, 1.82) is 0 Å². The molecule has 0 aliphatic heterocycles. The molecule has 2 fully saturated rings. The monoisotopic (exact) mass is 262 g/mol. The molecule has 2 aliphatic carbocycles. The lowest BCUT2D eigenvalue weighted by Crippen LogP contribution is -2.49. The summed E-state index contributed by atoms with van der Waals surface area (Å²) in [5.41, 5.74) is 2.70. The van der Waals surface area contributed by atoms with E-state index in [0.717, 1.165) is 32.1 Å². The second-order valence-corrected chi connectivity index (χ2v) is 6.67. The first-order valence-corrected chi connectivity index (χ1v) is 7.35. The van der Waals surface area contributed by atoms with E-state index in [0.29, 0.717) is 11.8 Å². The fraction of sp³-hybridized carbons (Fsp3) is 0.706. The molecule has 0 saturated heterocycles. The van der Waals surface area contributed by atoms with Crippen molar-refractivity contribution in [1.82, 2.24) is 0 Å². The van der Waals surface area contributed by atoms with Gasteiger partial charge in [-0.2, -0.15) is 0 Å². The van der Waals surface area contributed by atoms with Crippen molar-refractivity contribution < 1.29 is 9.53 Å². The quantitative estimate of drug-likeness (QED) is 0.549. The highest BCUT2D eigenvalue weighted by Crippen LogP contribution is 2.55. The molecule has 106 valence electrons. The highest BCUT2D eigenvalue weighted by molar-refractivity contribution is 5.66. The minimum atomic E-state index is -0.153. The Labute approximate surface area is 116 Å². The maximum atomic E-state index is 11.3. The number of hydrogen-bond acceptors (Lipinski definition) is 2. The number of carbonyl (C=O) groups is 1. The SMILES string of the molecule is C=C(C)[C@@H]1CC[C@@]2(C)[C@H](OC(C)=O)CCC(=C)[C@@H]2C1. The average Bonchev–Trinajstić information content (AvgIpc) is 2.32. The van der Waals surface area contributed by atoms with Crippen LogP contribution < -0.4 is 0 Å². The normalized spacial score (nSPS) is 38.5. The van der Waals surface area contributed by atoms with E-state index in [4.69, 9.17) is 4.74 Å². The molecule has 2 rings (SSSR count). The Hall–Kier alpha value is -1.05. The molecule has 0 N–H and O–H groups in total. The number of hydrogen-bond donors (Lipinski definition) is 0. The lowest BCUT2D eigenvalue weighted by atomic mass is 9.55. The molecule has 2 nitrogen and oxygen atoms in total. The molecule has 0 spiro atoms. The molecule has 0 aromatic rings. The van der Waals surface area contributed by atoms with E-state index in [-0.39, 0.29) is 17.5 Å². The van der Waals surface area contributed by atoms with Gasteiger partial charge < -0.3 is 4.74 Å². The summed E-state index contributed by atoms with van der Waals surface area (Å²) >= 11 is 0. The summed E-state index contributed by atoms with van der Waals surface area (Å²) in [6, 6.07) is 0. The van der Waals surface area contributed by atoms with E-state index in [9.17, 15) is 4.79 Å². The molecule has 2 aliphatic rings. The lowest BCUT2D eigenvalue weighted by Gasteiger charge is -2.52. The Kier molecular flexibility index (Phi) is 3.89. The number of esters is 1. The van der Waals surface area contributed by atoms with Crippen LogP contribution in [0.1, 0.15) is 52.9 Å². The molecule has 19 heavy (non-hydrogen) atoms. The molecular formula is C17H26O2. The number of fused-ring (bicyclic) bond motifs is 1. The maximum Gasteiger partial charge on any atom is 0.302 e. The molecule has 4 atom stereocenters. The highest BCUT2D eigenvalue weighted by atomic mass is 16.5. The fourth-order valence-electron chi connectivity index (χ4n) is 4.01. The van der Waals surface area contributed by atoms with Gasteiger partial charge in [0, 0.05) is 12.3 Å². The molecule has 0 unspecified atom stereocenters. The largest absolute Gasteiger partial charge is 0.462 e. The van der Waals surface area contributed by atoms with Crippen LogP contribution in [0.3, 0.4) is 0 Å². The van der Waals surface area contributed by atoms with Crippen LogP contribution in [-0.4, -0.2) is 12.1 Å². The summed E-state index contributed by atoms with van der Waals surface area (Å²) in [4.78, 5) is 11.3. The Morgan fingerprint density at radius 1 is 1.37 bits per heavy atom. The summed E-state index contributed by atoms with van der Waals surface area (Å²) in [6.45, 7) is 14.3. The van der Waals surface area contributed by atoms with Gasteiger partial charge in [0.2, 0.25) is 0 Å². The summed E-state index contributed by atoms with van der Waals surface area (Å²) < 4.78 is 5.61. The standard InChI is InChI=1S/C17H26O2/c1-11(2)14-8-9-17(5)15(10-14)12(3)6-7-16(17)19-13(4)18/h14-16H,1,3,6-10H2,2,4-5H3/t14-,15+,16-,17-/m1/s1. The van der Waals surface area contributed by atoms with Crippen molar-refractivity contribution in [3.63, 3.8) is 0 Å². The zero-order chi connectivity index (χ0) is 14.2. The topological polar surface area (TPSA) is 26.3 Å². The molecule has 2 heteroatoms. The molecule has 0 radical (unpaired) electrons. The number of allylic oxidation sites excluding steroid dienone is 2. The number of rotatable bonds is 2. The third-order valence-corrected chi connectivity index (χ3v) is 5.31. The molecule has 0 aromatic carbocycles. The smallest absolute Gasteiger partial charge is 0.302 e.